The molecule has 1 saturated heterocycles. The Bertz CT molecular complexity index is 364. The molecular formula is C14H28N4O3. The highest BCUT2D eigenvalue weighted by molar-refractivity contribution is 5.86. The lowest BCUT2D eigenvalue weighted by Crippen LogP contribution is -2.53. The van der Waals surface area contributed by atoms with Gasteiger partial charge >= 0.3 is 0 Å². The van der Waals surface area contributed by atoms with Crippen LogP contribution in [-0.4, -0.2) is 75.4 Å². The van der Waals surface area contributed by atoms with Crippen LogP contribution < -0.4 is 10.6 Å². The van der Waals surface area contributed by atoms with Gasteiger partial charge in [0.25, 0.3) is 0 Å². The van der Waals surface area contributed by atoms with Crippen LogP contribution in [0.4, 0.5) is 0 Å². The Kier molecular flexibility index (Phi) is 6.91. The van der Waals surface area contributed by atoms with Gasteiger partial charge in [-0.05, 0) is 20.8 Å². The van der Waals surface area contributed by atoms with E-state index in [0.717, 1.165) is 6.54 Å². The van der Waals surface area contributed by atoms with Crippen LogP contribution in [0.15, 0.2) is 4.99 Å². The maximum Gasteiger partial charge on any atom is 0.239 e. The van der Waals surface area contributed by atoms with Crippen molar-refractivity contribution in [2.75, 3.05) is 47.0 Å². The molecule has 0 saturated carbocycles. The van der Waals surface area contributed by atoms with Gasteiger partial charge in [-0.25, -0.2) is 0 Å². The average molecular weight is 300 g/mol. The van der Waals surface area contributed by atoms with Crippen LogP contribution in [0.5, 0.6) is 0 Å². The number of carbonyl (C=O) groups is 1. The highest BCUT2D eigenvalue weighted by atomic mass is 16.5. The van der Waals surface area contributed by atoms with Gasteiger partial charge < -0.3 is 25.0 Å². The molecule has 7 heteroatoms. The number of methoxy groups -OCH3 is 1. The normalized spacial score (nSPS) is 20.3. The molecule has 1 heterocycles. The molecule has 0 radical (unpaired) electrons. The number of nitrogens with one attached hydrogen (secondary N) is 2. The third-order valence-corrected chi connectivity index (χ3v) is 2.92. The minimum Gasteiger partial charge on any atom is -0.382 e. The zero-order valence-electron chi connectivity index (χ0n) is 13.7. The van der Waals surface area contributed by atoms with Crippen molar-refractivity contribution >= 4 is 11.9 Å². The summed E-state index contributed by atoms with van der Waals surface area (Å²) in [6.45, 7) is 8.71. The second kappa shape index (κ2) is 8.19. The van der Waals surface area contributed by atoms with E-state index in [1.54, 1.807) is 14.2 Å². The zero-order valence-corrected chi connectivity index (χ0v) is 13.7. The summed E-state index contributed by atoms with van der Waals surface area (Å²) >= 11 is 0. The highest BCUT2D eigenvalue weighted by Gasteiger charge is 2.23. The van der Waals surface area contributed by atoms with E-state index in [-0.39, 0.29) is 24.1 Å². The van der Waals surface area contributed by atoms with Crippen molar-refractivity contribution in [3.8, 4) is 0 Å². The molecular weight excluding hydrogens is 272 g/mol. The summed E-state index contributed by atoms with van der Waals surface area (Å²) in [5, 5.41) is 6.00. The fourth-order valence-electron chi connectivity index (χ4n) is 2.15. The Morgan fingerprint density at radius 3 is 2.76 bits per heavy atom. The van der Waals surface area contributed by atoms with Gasteiger partial charge in [-0.15, -0.1) is 0 Å². The molecule has 1 aliphatic heterocycles. The fourth-order valence-corrected chi connectivity index (χ4v) is 2.15. The third-order valence-electron chi connectivity index (χ3n) is 2.92. The first-order valence-corrected chi connectivity index (χ1v) is 7.23. The minimum atomic E-state index is -0.231. The van der Waals surface area contributed by atoms with Gasteiger partial charge in [-0.3, -0.25) is 9.79 Å². The number of nitrogens with zero attached hydrogens (tertiary/aromatic N) is 2. The Morgan fingerprint density at radius 1 is 1.48 bits per heavy atom. The smallest absolute Gasteiger partial charge is 0.239 e. The summed E-state index contributed by atoms with van der Waals surface area (Å²) in [4.78, 5) is 18.1. The predicted molar refractivity (Wildman–Crippen MR) is 82.4 cm³/mol. The van der Waals surface area contributed by atoms with E-state index in [9.17, 15) is 4.79 Å². The van der Waals surface area contributed by atoms with Gasteiger partial charge in [-0.1, -0.05) is 0 Å². The summed E-state index contributed by atoms with van der Waals surface area (Å²) in [6, 6.07) is 0. The molecule has 0 aliphatic carbocycles. The third kappa shape index (κ3) is 6.77. The number of carbonyl (C=O) groups excluding carboxylic acids is 1. The van der Waals surface area contributed by atoms with E-state index >= 15 is 0 Å². The van der Waals surface area contributed by atoms with Gasteiger partial charge in [0.1, 0.15) is 0 Å². The molecule has 1 amide bonds. The Morgan fingerprint density at radius 2 is 2.19 bits per heavy atom. The van der Waals surface area contributed by atoms with Crippen molar-refractivity contribution in [3.63, 3.8) is 0 Å². The maximum atomic E-state index is 11.8. The quantitative estimate of drug-likeness (QED) is 0.557. The standard InChI is InChI=1S/C14H28N4O3/c1-14(2,3)17-12(19)8-16-13(15-4)18-6-7-21-11(9-18)10-20-5/h11H,6-10H2,1-5H3,(H,15,16)(H,17,19). The number of rotatable bonds is 4. The second-order valence-electron chi connectivity index (χ2n) is 6.09. The topological polar surface area (TPSA) is 75.2 Å². The highest BCUT2D eigenvalue weighted by Crippen LogP contribution is 2.06. The summed E-state index contributed by atoms with van der Waals surface area (Å²) in [5.74, 6) is 0.661. The number of hydrogen-bond donors (Lipinski definition) is 2. The molecule has 0 spiro atoms. The SMILES string of the molecule is CN=C(NCC(=O)NC(C)(C)C)N1CCOC(COC)C1. The Hall–Kier alpha value is -1.34. The Labute approximate surface area is 127 Å². The van der Waals surface area contributed by atoms with Crippen LogP contribution in [0.2, 0.25) is 0 Å². The number of morpholine rings is 1. The van der Waals surface area contributed by atoms with Crippen molar-refractivity contribution in [3.05, 3.63) is 0 Å². The van der Waals surface area contributed by atoms with Gasteiger partial charge in [-0.2, -0.15) is 0 Å². The number of hydrogen-bond acceptors (Lipinski definition) is 4. The van der Waals surface area contributed by atoms with E-state index in [0.29, 0.717) is 25.7 Å². The van der Waals surface area contributed by atoms with E-state index in [4.69, 9.17) is 9.47 Å². The molecule has 7 nitrogen and oxygen atoms in total. The number of guanidine groups is 1. The van der Waals surface area contributed by atoms with E-state index < -0.39 is 0 Å². The first-order chi connectivity index (χ1) is 9.85. The molecule has 2 N–H and O–H groups in total. The van der Waals surface area contributed by atoms with Crippen molar-refractivity contribution in [1.82, 2.24) is 15.5 Å². The molecule has 0 aromatic heterocycles. The van der Waals surface area contributed by atoms with Gasteiger partial charge in [0.05, 0.1) is 25.9 Å². The molecule has 122 valence electrons. The van der Waals surface area contributed by atoms with Crippen molar-refractivity contribution in [1.29, 1.82) is 0 Å². The number of aliphatic imine (C=N–C) groups is 1. The molecule has 0 aromatic carbocycles. The second-order valence-corrected chi connectivity index (χ2v) is 6.09. The number of ether oxygens (including phenoxy) is 2. The molecule has 1 unspecified atom stereocenters. The summed E-state index contributed by atoms with van der Waals surface area (Å²) in [5.41, 5.74) is -0.231. The zero-order chi connectivity index (χ0) is 15.9. The van der Waals surface area contributed by atoms with Gasteiger partial charge in [0.15, 0.2) is 5.96 Å². The van der Waals surface area contributed by atoms with Crippen molar-refractivity contribution in [2.24, 2.45) is 4.99 Å². The van der Waals surface area contributed by atoms with Crippen molar-refractivity contribution < 1.29 is 14.3 Å². The first-order valence-electron chi connectivity index (χ1n) is 7.23. The molecule has 1 rings (SSSR count). The monoisotopic (exact) mass is 300 g/mol. The van der Waals surface area contributed by atoms with Crippen LogP contribution in [0.3, 0.4) is 0 Å². The van der Waals surface area contributed by atoms with E-state index in [2.05, 4.69) is 20.5 Å². The average Bonchev–Trinajstić information content (AvgIpc) is 2.38. The van der Waals surface area contributed by atoms with Crippen LogP contribution in [0, 0.1) is 0 Å². The molecule has 1 fully saturated rings. The summed E-state index contributed by atoms with van der Waals surface area (Å²) in [6.07, 6.45) is 0.0331. The molecule has 0 bridgehead atoms. The maximum absolute atomic E-state index is 11.8. The Balaban J connectivity index is 2.46. The molecule has 1 atom stereocenters. The van der Waals surface area contributed by atoms with Crippen LogP contribution in [0.1, 0.15) is 20.8 Å². The van der Waals surface area contributed by atoms with Gasteiger partial charge in [0, 0.05) is 32.8 Å². The lowest BCUT2D eigenvalue weighted by atomic mass is 10.1. The van der Waals surface area contributed by atoms with Crippen LogP contribution in [0.25, 0.3) is 0 Å². The van der Waals surface area contributed by atoms with E-state index in [1.165, 1.54) is 0 Å². The van der Waals surface area contributed by atoms with Gasteiger partial charge in [0.2, 0.25) is 5.91 Å². The lowest BCUT2D eigenvalue weighted by Gasteiger charge is -2.34. The van der Waals surface area contributed by atoms with Crippen LogP contribution in [-0.2, 0) is 14.3 Å². The van der Waals surface area contributed by atoms with Crippen molar-refractivity contribution in [2.45, 2.75) is 32.4 Å². The predicted octanol–water partition coefficient (Wildman–Crippen LogP) is -0.176. The molecule has 21 heavy (non-hydrogen) atoms. The van der Waals surface area contributed by atoms with E-state index in [1.807, 2.05) is 20.8 Å². The summed E-state index contributed by atoms with van der Waals surface area (Å²) < 4.78 is 10.7. The lowest BCUT2D eigenvalue weighted by molar-refractivity contribution is -0.121. The summed E-state index contributed by atoms with van der Waals surface area (Å²) in [7, 11) is 3.37. The minimum absolute atomic E-state index is 0.0331. The number of amides is 1. The molecule has 1 aliphatic rings. The van der Waals surface area contributed by atoms with Crippen LogP contribution >= 0.6 is 0 Å². The first kappa shape index (κ1) is 17.7. The largest absolute Gasteiger partial charge is 0.382 e. The fraction of sp³-hybridized carbons (Fsp3) is 0.857. The molecule has 0 aromatic rings.